The second-order valence-electron chi connectivity index (χ2n) is 5.86. The largest absolute Gasteiger partial charge is 0.310 e. The molecule has 0 atom stereocenters. The summed E-state index contributed by atoms with van der Waals surface area (Å²) < 4.78 is 0. The van der Waals surface area contributed by atoms with Gasteiger partial charge in [-0.15, -0.1) is 0 Å². The van der Waals surface area contributed by atoms with Gasteiger partial charge in [-0.05, 0) is 29.8 Å². The van der Waals surface area contributed by atoms with Crippen molar-refractivity contribution in [2.24, 2.45) is 0 Å². The summed E-state index contributed by atoms with van der Waals surface area (Å²) in [5.74, 6) is 0.000521. The number of carbonyl (C=O) groups excluding carboxylic acids is 1. The third kappa shape index (κ3) is 3.02. The summed E-state index contributed by atoms with van der Waals surface area (Å²) in [6, 6.07) is 27.7. The maximum Gasteiger partial charge on any atom is 0.187 e. The predicted octanol–water partition coefficient (Wildman–Crippen LogP) is 5.62. The lowest BCUT2D eigenvalue weighted by Crippen LogP contribution is -2.19. The molecule has 1 aliphatic heterocycles. The highest BCUT2D eigenvalue weighted by atomic mass is 16.1. The van der Waals surface area contributed by atoms with E-state index in [0.29, 0.717) is 5.56 Å². The number of nitrogens with zero attached hydrogens (tertiary/aromatic N) is 1. The van der Waals surface area contributed by atoms with Crippen molar-refractivity contribution in [3.63, 3.8) is 0 Å². The summed E-state index contributed by atoms with van der Waals surface area (Å²) in [4.78, 5) is 14.8. The molecule has 0 bridgehead atoms. The van der Waals surface area contributed by atoms with E-state index in [1.54, 1.807) is 6.08 Å². The number of para-hydroxylation sites is 2. The fourth-order valence-electron chi connectivity index (χ4n) is 3.02. The second-order valence-corrected chi connectivity index (χ2v) is 5.86. The smallest absolute Gasteiger partial charge is 0.187 e. The molecular formula is C23H17NO. The summed E-state index contributed by atoms with van der Waals surface area (Å²) in [6.07, 6.45) is 5.75. The fraction of sp³-hybridized carbons (Fsp3) is 0. The Hall–Kier alpha value is -3.39. The molecule has 0 N–H and O–H groups in total. The molecule has 3 aromatic rings. The highest BCUT2D eigenvalue weighted by Crippen LogP contribution is 2.37. The highest BCUT2D eigenvalue weighted by Gasteiger charge is 2.19. The van der Waals surface area contributed by atoms with E-state index in [9.17, 15) is 4.79 Å². The molecule has 2 heteroatoms. The molecule has 1 aliphatic rings. The van der Waals surface area contributed by atoms with Gasteiger partial charge in [-0.25, -0.2) is 0 Å². The van der Waals surface area contributed by atoms with Crippen molar-refractivity contribution in [2.75, 3.05) is 4.90 Å². The molecule has 1 heterocycles. The van der Waals surface area contributed by atoms with Crippen LogP contribution in [0.5, 0.6) is 0 Å². The second kappa shape index (κ2) is 6.62. The van der Waals surface area contributed by atoms with Crippen LogP contribution < -0.4 is 4.90 Å². The molecular weight excluding hydrogens is 306 g/mol. The first-order valence-corrected chi connectivity index (χ1v) is 8.26. The van der Waals surface area contributed by atoms with Crippen LogP contribution >= 0.6 is 0 Å². The van der Waals surface area contributed by atoms with Gasteiger partial charge in [0.25, 0.3) is 0 Å². The average molecular weight is 323 g/mol. The van der Waals surface area contributed by atoms with E-state index < -0.39 is 0 Å². The molecule has 2 nitrogen and oxygen atoms in total. The van der Waals surface area contributed by atoms with E-state index in [-0.39, 0.29) is 5.78 Å². The Balaban J connectivity index is 1.81. The van der Waals surface area contributed by atoms with Gasteiger partial charge in [0.05, 0.1) is 11.4 Å². The van der Waals surface area contributed by atoms with Crippen LogP contribution in [0.2, 0.25) is 0 Å². The number of allylic oxidation sites excluding steroid dienone is 2. The van der Waals surface area contributed by atoms with Gasteiger partial charge in [-0.3, -0.25) is 4.79 Å². The van der Waals surface area contributed by atoms with Crippen molar-refractivity contribution < 1.29 is 4.79 Å². The Labute approximate surface area is 147 Å². The minimum atomic E-state index is 0.000521. The Kier molecular flexibility index (Phi) is 4.01. The molecule has 0 aromatic heterocycles. The molecule has 0 saturated heterocycles. The van der Waals surface area contributed by atoms with Crippen LogP contribution in [0.3, 0.4) is 0 Å². The predicted molar refractivity (Wildman–Crippen MR) is 103 cm³/mol. The number of ketones is 1. The first-order chi connectivity index (χ1) is 12.3. The van der Waals surface area contributed by atoms with Crippen molar-refractivity contribution in [2.45, 2.75) is 0 Å². The van der Waals surface area contributed by atoms with Crippen molar-refractivity contribution in [3.05, 3.63) is 114 Å². The van der Waals surface area contributed by atoms with Gasteiger partial charge in [-0.1, -0.05) is 72.8 Å². The van der Waals surface area contributed by atoms with Crippen molar-refractivity contribution in [3.8, 4) is 0 Å². The molecule has 4 rings (SSSR count). The summed E-state index contributed by atoms with van der Waals surface area (Å²) in [5.41, 5.74) is 4.79. The van der Waals surface area contributed by atoms with Crippen LogP contribution in [0.25, 0.3) is 6.08 Å². The van der Waals surface area contributed by atoms with E-state index in [4.69, 9.17) is 0 Å². The fourth-order valence-corrected chi connectivity index (χ4v) is 3.02. The molecule has 25 heavy (non-hydrogen) atoms. The van der Waals surface area contributed by atoms with E-state index in [0.717, 1.165) is 22.6 Å². The first-order valence-electron chi connectivity index (χ1n) is 8.26. The number of benzene rings is 3. The Morgan fingerprint density at radius 1 is 0.720 bits per heavy atom. The van der Waals surface area contributed by atoms with Crippen LogP contribution in [0.4, 0.5) is 11.4 Å². The summed E-state index contributed by atoms with van der Waals surface area (Å²) in [7, 11) is 0. The zero-order chi connectivity index (χ0) is 17.1. The molecule has 0 unspecified atom stereocenters. The van der Waals surface area contributed by atoms with E-state index in [1.807, 2.05) is 66.7 Å². The summed E-state index contributed by atoms with van der Waals surface area (Å²) in [5, 5.41) is 0. The van der Waals surface area contributed by atoms with Gasteiger partial charge < -0.3 is 4.90 Å². The third-order valence-electron chi connectivity index (χ3n) is 4.22. The van der Waals surface area contributed by atoms with Gasteiger partial charge in [0.2, 0.25) is 0 Å². The minimum Gasteiger partial charge on any atom is -0.310 e. The van der Waals surface area contributed by atoms with Gasteiger partial charge in [0.15, 0.2) is 5.78 Å². The Morgan fingerprint density at radius 2 is 1.36 bits per heavy atom. The number of fused-ring (bicyclic) bond motifs is 1. The van der Waals surface area contributed by atoms with Crippen LogP contribution in [0, 0.1) is 0 Å². The Bertz CT molecular complexity index is 956. The molecule has 120 valence electrons. The maximum atomic E-state index is 12.7. The molecule has 0 fully saturated rings. The van der Waals surface area contributed by atoms with Gasteiger partial charge >= 0.3 is 0 Å². The number of carbonyl (C=O) groups is 1. The number of hydrogen-bond acceptors (Lipinski definition) is 2. The number of anilines is 2. The number of rotatable bonds is 3. The van der Waals surface area contributed by atoms with E-state index in [1.165, 1.54) is 0 Å². The summed E-state index contributed by atoms with van der Waals surface area (Å²) in [6.45, 7) is 0. The third-order valence-corrected chi connectivity index (χ3v) is 4.22. The van der Waals surface area contributed by atoms with Gasteiger partial charge in [-0.2, -0.15) is 0 Å². The molecule has 0 saturated carbocycles. The lowest BCUT2D eigenvalue weighted by molar-refractivity contribution is 0.104. The zero-order valence-corrected chi connectivity index (χ0v) is 13.7. The number of hydrogen-bond donors (Lipinski definition) is 0. The molecule has 0 amide bonds. The minimum absolute atomic E-state index is 0.000521. The average Bonchev–Trinajstić information content (AvgIpc) is 2.69. The molecule has 3 aromatic carbocycles. The first kappa shape index (κ1) is 15.2. The normalized spacial score (nSPS) is 14.4. The van der Waals surface area contributed by atoms with Crippen molar-refractivity contribution in [1.82, 2.24) is 0 Å². The molecule has 0 spiro atoms. The van der Waals surface area contributed by atoms with Crippen LogP contribution in [-0.4, -0.2) is 5.78 Å². The standard InChI is InChI=1S/C23H17NO/c25-23(19-10-3-1-4-11-19)17-21-16-15-18-9-7-8-14-22(18)24(21)20-12-5-2-6-13-20/h1-17H/b21-17+. The van der Waals surface area contributed by atoms with Crippen LogP contribution in [-0.2, 0) is 0 Å². The summed E-state index contributed by atoms with van der Waals surface area (Å²) >= 11 is 0. The van der Waals surface area contributed by atoms with Gasteiger partial charge in [0.1, 0.15) is 0 Å². The SMILES string of the molecule is O=C(/C=C1\C=Cc2ccccc2N1c1ccccc1)c1ccccc1. The highest BCUT2D eigenvalue weighted by molar-refractivity contribution is 6.06. The quantitative estimate of drug-likeness (QED) is 0.460. The van der Waals surface area contributed by atoms with Crippen LogP contribution in [0.1, 0.15) is 15.9 Å². The van der Waals surface area contributed by atoms with Crippen molar-refractivity contribution >= 4 is 23.2 Å². The lowest BCUT2D eigenvalue weighted by atomic mass is 10.0. The maximum absolute atomic E-state index is 12.7. The van der Waals surface area contributed by atoms with Gasteiger partial charge in [0, 0.05) is 17.3 Å². The van der Waals surface area contributed by atoms with Crippen molar-refractivity contribution in [1.29, 1.82) is 0 Å². The molecule has 0 radical (unpaired) electrons. The monoisotopic (exact) mass is 323 g/mol. The van der Waals surface area contributed by atoms with E-state index in [2.05, 4.69) is 35.2 Å². The van der Waals surface area contributed by atoms with E-state index >= 15 is 0 Å². The Morgan fingerprint density at radius 3 is 2.12 bits per heavy atom. The zero-order valence-electron chi connectivity index (χ0n) is 13.7. The van der Waals surface area contributed by atoms with Crippen LogP contribution in [0.15, 0.2) is 103 Å². The lowest BCUT2D eigenvalue weighted by Gasteiger charge is -2.30. The molecule has 0 aliphatic carbocycles. The topological polar surface area (TPSA) is 20.3 Å².